The standard InChI is InChI=1S/C17H23N5O3/c1-17(2,3)12(13(18)23)20-15(24)22-11-5-4-8-19-14(11)21(16(22)25)9-10-6-7-10/h4-5,8,10,12H,6-7,9H2,1-3H3,(H2,18,23)(H,20,24)/t12-/m1/s1. The minimum Gasteiger partial charge on any atom is -0.368 e. The summed E-state index contributed by atoms with van der Waals surface area (Å²) >= 11 is 0. The first-order valence-corrected chi connectivity index (χ1v) is 8.36. The molecule has 1 aliphatic rings. The molecule has 0 aromatic carbocycles. The topological polar surface area (TPSA) is 112 Å². The first kappa shape index (κ1) is 17.2. The Morgan fingerprint density at radius 2 is 2.08 bits per heavy atom. The molecule has 1 atom stereocenters. The number of aromatic nitrogens is 3. The SMILES string of the molecule is CC(C)(C)[C@H](NC(=O)n1c(=O)n(CC2CC2)c2ncccc21)C(N)=O. The maximum absolute atomic E-state index is 12.8. The van der Waals surface area contributed by atoms with Crippen molar-refractivity contribution in [3.8, 4) is 0 Å². The average molecular weight is 345 g/mol. The van der Waals surface area contributed by atoms with Crippen LogP contribution in [-0.4, -0.2) is 32.1 Å². The van der Waals surface area contributed by atoms with Gasteiger partial charge in [0, 0.05) is 12.7 Å². The highest BCUT2D eigenvalue weighted by Gasteiger charge is 2.33. The summed E-state index contributed by atoms with van der Waals surface area (Å²) in [5.74, 6) is -0.191. The number of imidazole rings is 1. The summed E-state index contributed by atoms with van der Waals surface area (Å²) in [7, 11) is 0. The molecule has 2 aromatic rings. The molecule has 8 heteroatoms. The predicted molar refractivity (Wildman–Crippen MR) is 93.1 cm³/mol. The van der Waals surface area contributed by atoms with E-state index in [1.54, 1.807) is 39.1 Å². The molecule has 8 nitrogen and oxygen atoms in total. The number of hydrogen-bond donors (Lipinski definition) is 2. The fourth-order valence-electron chi connectivity index (χ4n) is 2.91. The minimum atomic E-state index is -0.898. The van der Waals surface area contributed by atoms with Crippen LogP contribution in [0.3, 0.4) is 0 Å². The minimum absolute atomic E-state index is 0.419. The van der Waals surface area contributed by atoms with E-state index >= 15 is 0 Å². The van der Waals surface area contributed by atoms with Crippen LogP contribution in [0, 0.1) is 11.3 Å². The lowest BCUT2D eigenvalue weighted by Crippen LogP contribution is -2.54. The van der Waals surface area contributed by atoms with E-state index in [2.05, 4.69) is 10.3 Å². The molecule has 0 spiro atoms. The van der Waals surface area contributed by atoms with Crippen molar-refractivity contribution in [3.63, 3.8) is 0 Å². The Kier molecular flexibility index (Phi) is 4.14. The van der Waals surface area contributed by atoms with Gasteiger partial charge in [-0.3, -0.25) is 9.36 Å². The first-order valence-electron chi connectivity index (χ1n) is 8.36. The monoisotopic (exact) mass is 345 g/mol. The number of fused-ring (bicyclic) bond motifs is 1. The van der Waals surface area contributed by atoms with Crippen LogP contribution >= 0.6 is 0 Å². The molecule has 3 rings (SSSR count). The number of rotatable bonds is 4. The van der Waals surface area contributed by atoms with Crippen molar-refractivity contribution in [3.05, 3.63) is 28.8 Å². The van der Waals surface area contributed by atoms with Crippen LogP contribution in [0.25, 0.3) is 11.2 Å². The average Bonchev–Trinajstić information content (AvgIpc) is 3.29. The summed E-state index contributed by atoms with van der Waals surface area (Å²) in [6.07, 6.45) is 3.74. The molecule has 0 aliphatic heterocycles. The van der Waals surface area contributed by atoms with Gasteiger partial charge in [-0.05, 0) is 36.3 Å². The maximum atomic E-state index is 12.8. The van der Waals surface area contributed by atoms with Crippen molar-refractivity contribution in [2.45, 2.75) is 46.2 Å². The van der Waals surface area contributed by atoms with E-state index in [1.165, 1.54) is 4.57 Å². The van der Waals surface area contributed by atoms with E-state index in [-0.39, 0.29) is 0 Å². The molecular formula is C17H23N5O3. The largest absolute Gasteiger partial charge is 0.368 e. The van der Waals surface area contributed by atoms with Gasteiger partial charge >= 0.3 is 11.7 Å². The van der Waals surface area contributed by atoms with Crippen LogP contribution in [0.5, 0.6) is 0 Å². The Hall–Kier alpha value is -2.64. The number of pyridine rings is 1. The molecule has 2 aromatic heterocycles. The zero-order chi connectivity index (χ0) is 18.4. The van der Waals surface area contributed by atoms with Crippen molar-refractivity contribution in [1.29, 1.82) is 0 Å². The maximum Gasteiger partial charge on any atom is 0.338 e. The van der Waals surface area contributed by atoms with E-state index < -0.39 is 29.1 Å². The molecule has 25 heavy (non-hydrogen) atoms. The van der Waals surface area contributed by atoms with Crippen molar-refractivity contribution in [1.82, 2.24) is 19.4 Å². The molecule has 0 saturated heterocycles. The highest BCUT2D eigenvalue weighted by molar-refractivity contribution is 5.91. The van der Waals surface area contributed by atoms with Crippen molar-refractivity contribution >= 4 is 23.1 Å². The third kappa shape index (κ3) is 3.29. The van der Waals surface area contributed by atoms with Crippen molar-refractivity contribution in [2.75, 3.05) is 0 Å². The number of nitrogens with zero attached hydrogens (tertiary/aromatic N) is 3. The smallest absolute Gasteiger partial charge is 0.338 e. The Balaban J connectivity index is 2.03. The predicted octanol–water partition coefficient (Wildman–Crippen LogP) is 1.07. The zero-order valence-corrected chi connectivity index (χ0v) is 14.7. The summed E-state index contributed by atoms with van der Waals surface area (Å²) in [6, 6.07) is 1.77. The molecular weight excluding hydrogens is 322 g/mol. The van der Waals surface area contributed by atoms with Crippen LogP contribution in [0.2, 0.25) is 0 Å². The molecule has 2 heterocycles. The molecule has 134 valence electrons. The Labute approximate surface area is 145 Å². The number of hydrogen-bond acceptors (Lipinski definition) is 4. The van der Waals surface area contributed by atoms with Gasteiger partial charge in [-0.1, -0.05) is 20.8 Å². The highest BCUT2D eigenvalue weighted by Crippen LogP contribution is 2.31. The lowest BCUT2D eigenvalue weighted by molar-refractivity contribution is -0.122. The number of nitrogens with two attached hydrogens (primary N) is 1. The Morgan fingerprint density at radius 1 is 1.40 bits per heavy atom. The van der Waals surface area contributed by atoms with Gasteiger partial charge in [0.05, 0.1) is 5.52 Å². The molecule has 0 unspecified atom stereocenters. The Bertz CT molecular complexity index is 886. The van der Waals surface area contributed by atoms with E-state index in [9.17, 15) is 14.4 Å². The van der Waals surface area contributed by atoms with E-state index in [0.29, 0.717) is 23.6 Å². The number of carbonyl (C=O) groups excluding carboxylic acids is 2. The third-order valence-corrected chi connectivity index (χ3v) is 4.44. The summed E-state index contributed by atoms with van der Waals surface area (Å²) in [5.41, 5.74) is 5.29. The molecule has 0 bridgehead atoms. The van der Waals surface area contributed by atoms with Gasteiger partial charge in [0.1, 0.15) is 6.04 Å². The first-order chi connectivity index (χ1) is 11.7. The zero-order valence-electron chi connectivity index (χ0n) is 14.7. The Morgan fingerprint density at radius 3 is 2.64 bits per heavy atom. The molecule has 1 aliphatic carbocycles. The molecule has 2 amide bonds. The summed E-state index contributed by atoms with van der Waals surface area (Å²) in [4.78, 5) is 41.5. The van der Waals surface area contributed by atoms with Crippen LogP contribution in [-0.2, 0) is 11.3 Å². The lowest BCUT2D eigenvalue weighted by atomic mass is 9.86. The van der Waals surface area contributed by atoms with Gasteiger partial charge < -0.3 is 11.1 Å². The van der Waals surface area contributed by atoms with Gasteiger partial charge in [-0.15, -0.1) is 0 Å². The van der Waals surface area contributed by atoms with Crippen LogP contribution in [0.1, 0.15) is 33.6 Å². The quantitative estimate of drug-likeness (QED) is 0.863. The summed E-state index contributed by atoms with van der Waals surface area (Å²) in [5, 5.41) is 2.60. The normalized spacial score (nSPS) is 16.0. The number of carbonyl (C=O) groups is 2. The number of amides is 2. The van der Waals surface area contributed by atoms with Gasteiger partial charge in [-0.25, -0.2) is 19.1 Å². The second-order valence-corrected chi connectivity index (χ2v) is 7.67. The second-order valence-electron chi connectivity index (χ2n) is 7.67. The van der Waals surface area contributed by atoms with E-state index in [1.807, 2.05) is 0 Å². The van der Waals surface area contributed by atoms with Crippen molar-refractivity contribution < 1.29 is 9.59 Å². The van der Waals surface area contributed by atoms with Crippen LogP contribution in [0.4, 0.5) is 4.79 Å². The molecule has 1 fully saturated rings. The van der Waals surface area contributed by atoms with E-state index in [0.717, 1.165) is 17.4 Å². The lowest BCUT2D eigenvalue weighted by Gasteiger charge is -2.28. The van der Waals surface area contributed by atoms with Crippen molar-refractivity contribution in [2.24, 2.45) is 17.1 Å². The highest BCUT2D eigenvalue weighted by atomic mass is 16.2. The van der Waals surface area contributed by atoms with Crippen LogP contribution in [0.15, 0.2) is 23.1 Å². The van der Waals surface area contributed by atoms with Gasteiger partial charge in [0.15, 0.2) is 5.65 Å². The molecule has 3 N–H and O–H groups in total. The van der Waals surface area contributed by atoms with E-state index in [4.69, 9.17) is 5.73 Å². The second kappa shape index (κ2) is 6.02. The fraction of sp³-hybridized carbons (Fsp3) is 0.529. The third-order valence-electron chi connectivity index (χ3n) is 4.44. The number of primary amides is 1. The molecule has 0 radical (unpaired) electrons. The van der Waals surface area contributed by atoms with Gasteiger partial charge in [0.2, 0.25) is 5.91 Å². The van der Waals surface area contributed by atoms with Gasteiger partial charge in [0.25, 0.3) is 0 Å². The summed E-state index contributed by atoms with van der Waals surface area (Å²) in [6.45, 7) is 5.93. The fourth-order valence-corrected chi connectivity index (χ4v) is 2.91. The van der Waals surface area contributed by atoms with Gasteiger partial charge in [-0.2, -0.15) is 0 Å². The van der Waals surface area contributed by atoms with Crippen LogP contribution < -0.4 is 16.7 Å². The summed E-state index contributed by atoms with van der Waals surface area (Å²) < 4.78 is 2.56. The number of nitrogens with one attached hydrogen (secondary N) is 1. The molecule has 1 saturated carbocycles.